The molecule has 0 saturated carbocycles. The van der Waals surface area contributed by atoms with Crippen LogP contribution in [0.2, 0.25) is 0 Å². The van der Waals surface area contributed by atoms with Crippen molar-refractivity contribution in [1.29, 1.82) is 0 Å². The van der Waals surface area contributed by atoms with E-state index in [2.05, 4.69) is 19.2 Å². The minimum absolute atomic E-state index is 0.143. The minimum Gasteiger partial charge on any atom is -0.394 e. The van der Waals surface area contributed by atoms with Crippen LogP contribution in [-0.4, -0.2) is 46.1 Å². The molecule has 0 saturated heterocycles. The Balaban J connectivity index is 3.65. The normalized spacial score (nSPS) is 13.8. The van der Waals surface area contributed by atoms with Crippen LogP contribution in [0.15, 0.2) is 0 Å². The zero-order valence-corrected chi connectivity index (χ0v) is 27.7. The van der Waals surface area contributed by atoms with Gasteiger partial charge in [0.15, 0.2) is 0 Å². The molecule has 4 N–H and O–H groups in total. The van der Waals surface area contributed by atoms with Crippen LogP contribution in [0.5, 0.6) is 0 Å². The van der Waals surface area contributed by atoms with E-state index in [1.54, 1.807) is 0 Å². The summed E-state index contributed by atoms with van der Waals surface area (Å²) in [6.07, 6.45) is 33.3. The number of aliphatic hydroxyl groups excluding tert-OH is 3. The van der Waals surface area contributed by atoms with Gasteiger partial charge in [-0.15, -0.1) is 0 Å². The van der Waals surface area contributed by atoms with Crippen LogP contribution in [0.3, 0.4) is 0 Å². The zero-order valence-electron chi connectivity index (χ0n) is 27.7. The molecule has 0 aliphatic heterocycles. The summed E-state index contributed by atoms with van der Waals surface area (Å²) in [4.78, 5) is 12.3. The van der Waals surface area contributed by atoms with E-state index in [0.717, 1.165) is 38.5 Å². The van der Waals surface area contributed by atoms with E-state index in [4.69, 9.17) is 0 Å². The Labute approximate surface area is 256 Å². The summed E-state index contributed by atoms with van der Waals surface area (Å²) in [5, 5.41) is 33.3. The number of hydrogen-bond acceptors (Lipinski definition) is 4. The van der Waals surface area contributed by atoms with Gasteiger partial charge in [0.2, 0.25) is 5.91 Å². The maximum Gasteiger partial charge on any atom is 0.220 e. The van der Waals surface area contributed by atoms with Crippen molar-refractivity contribution in [2.24, 2.45) is 0 Å². The number of hydrogen-bond donors (Lipinski definition) is 4. The van der Waals surface area contributed by atoms with Gasteiger partial charge in [0, 0.05) is 6.42 Å². The third-order valence-corrected chi connectivity index (χ3v) is 8.71. The van der Waals surface area contributed by atoms with E-state index >= 15 is 0 Å². The van der Waals surface area contributed by atoms with Crippen LogP contribution in [0.1, 0.15) is 200 Å². The van der Waals surface area contributed by atoms with Gasteiger partial charge in [0.25, 0.3) is 0 Å². The fourth-order valence-corrected chi connectivity index (χ4v) is 5.81. The first-order chi connectivity index (χ1) is 20.1. The van der Waals surface area contributed by atoms with Gasteiger partial charge in [-0.2, -0.15) is 0 Å². The Kier molecular flexibility index (Phi) is 31.8. The second kappa shape index (κ2) is 32.3. The number of carbonyl (C=O) groups excluding carboxylic acids is 1. The van der Waals surface area contributed by atoms with Crippen LogP contribution >= 0.6 is 0 Å². The molecule has 0 aliphatic rings. The Bertz CT molecular complexity index is 530. The zero-order chi connectivity index (χ0) is 30.2. The van der Waals surface area contributed by atoms with Crippen LogP contribution in [0.4, 0.5) is 0 Å². The summed E-state index contributed by atoms with van der Waals surface area (Å²) in [7, 11) is 0. The molecule has 246 valence electrons. The maximum absolute atomic E-state index is 12.3. The minimum atomic E-state index is -1.13. The monoisotopic (exact) mass is 584 g/mol. The highest BCUT2D eigenvalue weighted by Crippen LogP contribution is 2.16. The molecule has 41 heavy (non-hydrogen) atoms. The highest BCUT2D eigenvalue weighted by molar-refractivity contribution is 5.76. The van der Waals surface area contributed by atoms with Crippen molar-refractivity contribution in [1.82, 2.24) is 5.32 Å². The van der Waals surface area contributed by atoms with Crippen molar-refractivity contribution in [3.8, 4) is 0 Å². The fraction of sp³-hybridized carbons (Fsp3) is 0.972. The predicted octanol–water partition coefficient (Wildman–Crippen LogP) is 9.54. The number of carbonyl (C=O) groups is 1. The molecule has 0 rings (SSSR count). The Morgan fingerprint density at radius 1 is 0.512 bits per heavy atom. The third kappa shape index (κ3) is 27.9. The van der Waals surface area contributed by atoms with Crippen LogP contribution < -0.4 is 5.32 Å². The molecule has 0 aliphatic carbocycles. The largest absolute Gasteiger partial charge is 0.394 e. The van der Waals surface area contributed by atoms with Crippen LogP contribution in [-0.2, 0) is 4.79 Å². The standard InChI is InChI=1S/C36H73NO4/c1-3-5-7-9-11-13-15-16-17-18-19-21-23-25-27-29-31-35(40)37-33(32-38)36(41)34(39)30-28-26-24-22-20-14-12-10-8-6-4-2/h33-34,36,38-39,41H,3-32H2,1-2H3,(H,37,40)/t33-,34+,36-/m0/s1. The summed E-state index contributed by atoms with van der Waals surface area (Å²) in [6.45, 7) is 4.16. The topological polar surface area (TPSA) is 89.8 Å². The molecule has 0 spiro atoms. The quantitative estimate of drug-likeness (QED) is 0.0579. The maximum atomic E-state index is 12.3. The molecule has 0 fully saturated rings. The van der Waals surface area contributed by atoms with Gasteiger partial charge >= 0.3 is 0 Å². The van der Waals surface area contributed by atoms with Crippen molar-refractivity contribution >= 4 is 5.91 Å². The Morgan fingerprint density at radius 2 is 0.829 bits per heavy atom. The molecular formula is C36H73NO4. The van der Waals surface area contributed by atoms with Crippen LogP contribution in [0.25, 0.3) is 0 Å². The summed E-state index contributed by atoms with van der Waals surface area (Å²) in [5.74, 6) is -0.143. The van der Waals surface area contributed by atoms with Crippen molar-refractivity contribution in [2.75, 3.05) is 6.61 Å². The first-order valence-electron chi connectivity index (χ1n) is 18.3. The van der Waals surface area contributed by atoms with Crippen molar-refractivity contribution in [3.05, 3.63) is 0 Å². The average molecular weight is 584 g/mol. The van der Waals surface area contributed by atoms with Crippen LogP contribution in [0, 0.1) is 0 Å². The van der Waals surface area contributed by atoms with Gasteiger partial charge in [-0.05, 0) is 12.8 Å². The third-order valence-electron chi connectivity index (χ3n) is 8.71. The van der Waals surface area contributed by atoms with Gasteiger partial charge < -0.3 is 20.6 Å². The molecule has 0 radical (unpaired) electrons. The van der Waals surface area contributed by atoms with Gasteiger partial charge in [-0.3, -0.25) is 4.79 Å². The highest BCUT2D eigenvalue weighted by Gasteiger charge is 2.26. The molecule has 0 aromatic carbocycles. The van der Waals surface area contributed by atoms with E-state index in [-0.39, 0.29) is 12.5 Å². The lowest BCUT2D eigenvalue weighted by Gasteiger charge is -2.26. The Hall–Kier alpha value is -0.650. The smallest absolute Gasteiger partial charge is 0.220 e. The molecule has 0 bridgehead atoms. The van der Waals surface area contributed by atoms with E-state index in [0.29, 0.717) is 12.8 Å². The molecule has 3 atom stereocenters. The lowest BCUT2D eigenvalue weighted by molar-refractivity contribution is -0.124. The van der Waals surface area contributed by atoms with Gasteiger partial charge in [-0.25, -0.2) is 0 Å². The first kappa shape index (κ1) is 40.4. The van der Waals surface area contributed by atoms with E-state index in [9.17, 15) is 20.1 Å². The number of unbranched alkanes of at least 4 members (excludes halogenated alkanes) is 25. The summed E-state index contributed by atoms with van der Waals surface area (Å²) in [5.41, 5.74) is 0. The van der Waals surface area contributed by atoms with E-state index in [1.165, 1.54) is 135 Å². The van der Waals surface area contributed by atoms with Crippen molar-refractivity contribution in [2.45, 2.75) is 218 Å². The number of rotatable bonds is 33. The van der Waals surface area contributed by atoms with E-state index < -0.39 is 18.2 Å². The van der Waals surface area contributed by atoms with Crippen molar-refractivity contribution < 1.29 is 20.1 Å². The average Bonchev–Trinajstić information content (AvgIpc) is 2.97. The molecule has 1 amide bonds. The van der Waals surface area contributed by atoms with Gasteiger partial charge in [0.1, 0.15) is 6.10 Å². The number of amides is 1. The van der Waals surface area contributed by atoms with Crippen molar-refractivity contribution in [3.63, 3.8) is 0 Å². The molecule has 0 unspecified atom stereocenters. The fourth-order valence-electron chi connectivity index (χ4n) is 5.81. The predicted molar refractivity (Wildman–Crippen MR) is 176 cm³/mol. The van der Waals surface area contributed by atoms with E-state index in [1.807, 2.05) is 0 Å². The SMILES string of the molecule is CCCCCCCCCCCCCCCCCCC(=O)N[C@@H](CO)[C@H](O)[C@H](O)CCCCCCCCCCCCC. The lowest BCUT2D eigenvalue weighted by atomic mass is 9.99. The molecule has 0 aromatic heterocycles. The second-order valence-corrected chi connectivity index (χ2v) is 12.8. The highest BCUT2D eigenvalue weighted by atomic mass is 16.3. The Morgan fingerprint density at radius 3 is 1.17 bits per heavy atom. The summed E-state index contributed by atoms with van der Waals surface area (Å²) < 4.78 is 0. The van der Waals surface area contributed by atoms with Gasteiger partial charge in [0.05, 0.1) is 18.8 Å². The summed E-state index contributed by atoms with van der Waals surface area (Å²) >= 11 is 0. The second-order valence-electron chi connectivity index (χ2n) is 12.8. The molecule has 0 heterocycles. The molecule has 0 aromatic rings. The molecule has 5 nitrogen and oxygen atoms in total. The molecular weight excluding hydrogens is 510 g/mol. The number of aliphatic hydroxyl groups is 3. The first-order valence-corrected chi connectivity index (χ1v) is 18.3. The molecule has 5 heteroatoms. The number of nitrogens with one attached hydrogen (secondary N) is 1. The van der Waals surface area contributed by atoms with Gasteiger partial charge in [-0.1, -0.05) is 181 Å². The lowest BCUT2D eigenvalue weighted by Crippen LogP contribution is -2.50. The summed E-state index contributed by atoms with van der Waals surface area (Å²) in [6, 6.07) is -0.800.